The molecule has 2 rings (SSSR count). The zero-order chi connectivity index (χ0) is 14.7. The summed E-state index contributed by atoms with van der Waals surface area (Å²) in [5, 5.41) is 0.984. The molecule has 3 nitrogen and oxygen atoms in total. The van der Waals surface area contributed by atoms with E-state index in [-0.39, 0.29) is 0 Å². The predicted octanol–water partition coefficient (Wildman–Crippen LogP) is 4.02. The first-order valence-electron chi connectivity index (χ1n) is 6.32. The minimum absolute atomic E-state index is 0.412. The molecular weight excluding hydrogens is 293 g/mol. The normalized spacial score (nSPS) is 10.5. The quantitative estimate of drug-likeness (QED) is 0.867. The maximum Gasteiger partial charge on any atom is 0.132 e. The molecule has 0 spiro atoms. The van der Waals surface area contributed by atoms with Crippen molar-refractivity contribution in [1.29, 1.82) is 0 Å². The molecule has 20 heavy (non-hydrogen) atoms. The van der Waals surface area contributed by atoms with Gasteiger partial charge in [-0.2, -0.15) is 0 Å². The Morgan fingerprint density at radius 1 is 1.35 bits per heavy atom. The lowest BCUT2D eigenvalue weighted by molar-refractivity contribution is 0.733. The van der Waals surface area contributed by atoms with Gasteiger partial charge < -0.3 is 10.3 Å². The van der Waals surface area contributed by atoms with Gasteiger partial charge >= 0.3 is 0 Å². The van der Waals surface area contributed by atoms with E-state index in [1.54, 1.807) is 12.1 Å². The molecule has 0 amide bonds. The van der Waals surface area contributed by atoms with E-state index in [1.165, 1.54) is 0 Å². The van der Waals surface area contributed by atoms with Gasteiger partial charge in [-0.25, -0.2) is 4.98 Å². The molecule has 0 bridgehead atoms. The van der Waals surface area contributed by atoms with Crippen LogP contribution in [0.25, 0.3) is 11.3 Å². The van der Waals surface area contributed by atoms with Gasteiger partial charge in [0.05, 0.1) is 16.6 Å². The summed E-state index contributed by atoms with van der Waals surface area (Å²) in [5.41, 5.74) is 7.70. The van der Waals surface area contributed by atoms with Crippen LogP contribution in [-0.4, -0.2) is 9.55 Å². The first-order chi connectivity index (χ1) is 9.58. The molecule has 0 aliphatic rings. The van der Waals surface area contributed by atoms with E-state index in [1.807, 2.05) is 10.6 Å². The van der Waals surface area contributed by atoms with Crippen molar-refractivity contribution in [3.05, 3.63) is 34.1 Å². The van der Waals surface area contributed by atoms with Crippen molar-refractivity contribution in [2.75, 3.05) is 5.73 Å². The molecule has 104 valence electrons. The number of nitrogens with two attached hydrogens (primary N) is 1. The number of aryl methyl sites for hydroxylation is 1. The van der Waals surface area contributed by atoms with Crippen LogP contribution < -0.4 is 5.73 Å². The fourth-order valence-electron chi connectivity index (χ4n) is 2.05. The zero-order valence-corrected chi connectivity index (χ0v) is 12.7. The van der Waals surface area contributed by atoms with Crippen LogP contribution in [0.15, 0.2) is 18.2 Å². The first-order valence-corrected chi connectivity index (χ1v) is 7.07. The summed E-state index contributed by atoms with van der Waals surface area (Å²) in [6.45, 7) is 2.50. The molecular formula is C15H15Cl2N3. The average molecular weight is 308 g/mol. The number of anilines is 1. The maximum atomic E-state index is 6.17. The van der Waals surface area contributed by atoms with Crippen molar-refractivity contribution in [1.82, 2.24) is 9.55 Å². The van der Waals surface area contributed by atoms with Crippen molar-refractivity contribution < 1.29 is 0 Å². The van der Waals surface area contributed by atoms with Crippen LogP contribution in [-0.2, 0) is 13.0 Å². The first kappa shape index (κ1) is 14.8. The second-order valence-electron chi connectivity index (χ2n) is 4.43. The topological polar surface area (TPSA) is 43.8 Å². The average Bonchev–Trinajstić information content (AvgIpc) is 2.72. The summed E-state index contributed by atoms with van der Waals surface area (Å²) in [6, 6.07) is 5.35. The number of terminal acetylenes is 1. The summed E-state index contributed by atoms with van der Waals surface area (Å²) in [6.07, 6.45) is 7.19. The van der Waals surface area contributed by atoms with Gasteiger partial charge in [-0.15, -0.1) is 6.42 Å². The van der Waals surface area contributed by atoms with E-state index in [2.05, 4.69) is 17.8 Å². The number of benzene rings is 1. The largest absolute Gasteiger partial charge is 0.383 e. The summed E-state index contributed by atoms with van der Waals surface area (Å²) in [7, 11) is 0. The number of hydrogen-bond acceptors (Lipinski definition) is 2. The van der Waals surface area contributed by atoms with E-state index in [0.29, 0.717) is 28.1 Å². The Balaban J connectivity index is 2.54. The van der Waals surface area contributed by atoms with Crippen LogP contribution in [0.2, 0.25) is 10.0 Å². The molecule has 0 unspecified atom stereocenters. The van der Waals surface area contributed by atoms with E-state index < -0.39 is 0 Å². The lowest BCUT2D eigenvalue weighted by Crippen LogP contribution is -2.06. The Morgan fingerprint density at radius 3 is 2.70 bits per heavy atom. The second-order valence-corrected chi connectivity index (χ2v) is 5.25. The highest BCUT2D eigenvalue weighted by Gasteiger charge is 2.15. The minimum Gasteiger partial charge on any atom is -0.383 e. The third kappa shape index (κ3) is 2.77. The minimum atomic E-state index is 0.412. The number of rotatable bonds is 4. The molecule has 1 aromatic carbocycles. The molecule has 0 saturated carbocycles. The molecule has 1 heterocycles. The second kappa shape index (κ2) is 6.21. The molecule has 0 saturated heterocycles. The zero-order valence-electron chi connectivity index (χ0n) is 11.2. The molecule has 5 heteroatoms. The molecule has 0 aliphatic carbocycles. The van der Waals surface area contributed by atoms with Gasteiger partial charge in [0.25, 0.3) is 0 Å². The van der Waals surface area contributed by atoms with Crippen molar-refractivity contribution in [2.24, 2.45) is 0 Å². The SMILES string of the molecule is C#CCn1c(CCC)nc(-c2ccc(Cl)c(Cl)c2)c1N. The van der Waals surface area contributed by atoms with E-state index >= 15 is 0 Å². The molecule has 2 aromatic rings. The predicted molar refractivity (Wildman–Crippen MR) is 84.9 cm³/mol. The summed E-state index contributed by atoms with van der Waals surface area (Å²) in [5.74, 6) is 4.06. The summed E-state index contributed by atoms with van der Waals surface area (Å²) < 4.78 is 1.86. The molecule has 0 atom stereocenters. The van der Waals surface area contributed by atoms with Crippen molar-refractivity contribution in [2.45, 2.75) is 26.3 Å². The van der Waals surface area contributed by atoms with Gasteiger partial charge in [-0.3, -0.25) is 0 Å². The van der Waals surface area contributed by atoms with Gasteiger partial charge in [-0.05, 0) is 18.6 Å². The Kier molecular flexibility index (Phi) is 4.59. The number of hydrogen-bond donors (Lipinski definition) is 1. The summed E-state index contributed by atoms with van der Waals surface area (Å²) >= 11 is 12.0. The number of nitrogens with zero attached hydrogens (tertiary/aromatic N) is 2. The fourth-order valence-corrected chi connectivity index (χ4v) is 2.35. The highest BCUT2D eigenvalue weighted by atomic mass is 35.5. The van der Waals surface area contributed by atoms with E-state index in [0.717, 1.165) is 24.2 Å². The molecule has 0 fully saturated rings. The maximum absolute atomic E-state index is 6.17. The summed E-state index contributed by atoms with van der Waals surface area (Å²) in [4.78, 5) is 4.60. The number of nitrogen functional groups attached to an aromatic ring is 1. The lowest BCUT2D eigenvalue weighted by atomic mass is 10.1. The van der Waals surface area contributed by atoms with Crippen LogP contribution in [0, 0.1) is 12.3 Å². The van der Waals surface area contributed by atoms with Gasteiger partial charge in [0, 0.05) is 12.0 Å². The molecule has 1 aromatic heterocycles. The van der Waals surface area contributed by atoms with Crippen LogP contribution in [0.3, 0.4) is 0 Å². The van der Waals surface area contributed by atoms with Crippen molar-refractivity contribution in [3.8, 4) is 23.6 Å². The van der Waals surface area contributed by atoms with Crippen LogP contribution in [0.4, 0.5) is 5.82 Å². The molecule has 2 N–H and O–H groups in total. The third-order valence-corrected chi connectivity index (χ3v) is 3.74. The van der Waals surface area contributed by atoms with Gasteiger partial charge in [0.2, 0.25) is 0 Å². The number of aromatic nitrogens is 2. The fraction of sp³-hybridized carbons (Fsp3) is 0.267. The number of imidazole rings is 1. The van der Waals surface area contributed by atoms with Gasteiger partial charge in [0.1, 0.15) is 17.3 Å². The van der Waals surface area contributed by atoms with E-state index in [9.17, 15) is 0 Å². The number of halogens is 2. The lowest BCUT2D eigenvalue weighted by Gasteiger charge is -2.05. The van der Waals surface area contributed by atoms with E-state index in [4.69, 9.17) is 35.4 Å². The smallest absolute Gasteiger partial charge is 0.132 e. The van der Waals surface area contributed by atoms with Crippen LogP contribution in [0.1, 0.15) is 19.2 Å². The highest BCUT2D eigenvalue weighted by Crippen LogP contribution is 2.31. The van der Waals surface area contributed by atoms with Crippen LogP contribution in [0.5, 0.6) is 0 Å². The Morgan fingerprint density at radius 2 is 2.10 bits per heavy atom. The van der Waals surface area contributed by atoms with Gasteiger partial charge in [-0.1, -0.05) is 42.1 Å². The standard InChI is InChI=1S/C15H15Cl2N3/c1-3-5-13-19-14(15(18)20(13)8-4-2)10-6-7-11(16)12(17)9-10/h2,6-7,9H,3,5,8,18H2,1H3. The highest BCUT2D eigenvalue weighted by molar-refractivity contribution is 6.42. The van der Waals surface area contributed by atoms with Crippen LogP contribution >= 0.6 is 23.2 Å². The Labute approximate surface area is 128 Å². The Hall–Kier alpha value is -1.63. The van der Waals surface area contributed by atoms with Gasteiger partial charge in [0.15, 0.2) is 0 Å². The van der Waals surface area contributed by atoms with Crippen molar-refractivity contribution >= 4 is 29.0 Å². The Bertz CT molecular complexity index is 668. The third-order valence-electron chi connectivity index (χ3n) is 3.00. The molecule has 0 radical (unpaired) electrons. The monoisotopic (exact) mass is 307 g/mol. The molecule has 0 aliphatic heterocycles. The van der Waals surface area contributed by atoms with Crippen molar-refractivity contribution in [3.63, 3.8) is 0 Å².